The summed E-state index contributed by atoms with van der Waals surface area (Å²) in [5.41, 5.74) is 2.64. The third-order valence-corrected chi connectivity index (χ3v) is 7.53. The highest BCUT2D eigenvalue weighted by Crippen LogP contribution is 2.31. The summed E-state index contributed by atoms with van der Waals surface area (Å²) in [5, 5.41) is 9.02. The fraction of sp³-hybridized carbons (Fsp3) is 0.455. The Bertz CT molecular complexity index is 951. The lowest BCUT2D eigenvalue weighted by molar-refractivity contribution is -0.135. The van der Waals surface area contributed by atoms with E-state index in [1.165, 1.54) is 4.31 Å². The summed E-state index contributed by atoms with van der Waals surface area (Å²) in [6.07, 6.45) is 6.40. The number of benzene rings is 1. The number of hydrogen-bond donors (Lipinski definition) is 2. The predicted octanol–water partition coefficient (Wildman–Crippen LogP) is 2.78. The van der Waals surface area contributed by atoms with Gasteiger partial charge in [0.15, 0.2) is 0 Å². The molecule has 0 saturated carbocycles. The molecule has 1 saturated heterocycles. The molecule has 2 atom stereocenters. The van der Waals surface area contributed by atoms with Gasteiger partial charge in [0.1, 0.15) is 5.75 Å². The molecule has 168 valence electrons. The number of carbonyl (C=O) groups is 1. The van der Waals surface area contributed by atoms with E-state index in [4.69, 9.17) is 9.94 Å². The maximum Gasteiger partial charge on any atom is 0.246 e. The maximum absolute atomic E-state index is 13.4. The van der Waals surface area contributed by atoms with Gasteiger partial charge >= 0.3 is 0 Å². The van der Waals surface area contributed by atoms with Crippen molar-refractivity contribution in [3.63, 3.8) is 0 Å². The molecule has 1 aromatic carbocycles. The lowest BCUT2D eigenvalue weighted by atomic mass is 9.89. The number of rotatable bonds is 9. The van der Waals surface area contributed by atoms with Gasteiger partial charge in [-0.15, -0.1) is 0 Å². The molecule has 2 aromatic rings. The minimum atomic E-state index is -3.76. The summed E-state index contributed by atoms with van der Waals surface area (Å²) in [6.45, 7) is 2.87. The van der Waals surface area contributed by atoms with E-state index in [9.17, 15) is 13.2 Å². The Balaban J connectivity index is 1.81. The number of pyridine rings is 1. The van der Waals surface area contributed by atoms with Gasteiger partial charge in [-0.25, -0.2) is 13.9 Å². The molecule has 0 spiro atoms. The zero-order valence-electron chi connectivity index (χ0n) is 17.6. The number of carbonyl (C=O) groups excluding carboxylic acids is 1. The fourth-order valence-corrected chi connectivity index (χ4v) is 5.48. The molecule has 8 nitrogen and oxygen atoms in total. The molecule has 2 unspecified atom stereocenters. The second-order valence-electron chi connectivity index (χ2n) is 7.70. The van der Waals surface area contributed by atoms with Crippen LogP contribution in [0.5, 0.6) is 5.75 Å². The smallest absolute Gasteiger partial charge is 0.246 e. The van der Waals surface area contributed by atoms with E-state index in [1.54, 1.807) is 42.1 Å². The van der Waals surface area contributed by atoms with Crippen LogP contribution in [-0.2, 0) is 21.2 Å². The van der Waals surface area contributed by atoms with E-state index in [0.717, 1.165) is 18.4 Å². The number of ether oxygens (including phenoxy) is 1. The van der Waals surface area contributed by atoms with Crippen LogP contribution in [0.4, 0.5) is 0 Å². The second-order valence-corrected chi connectivity index (χ2v) is 9.59. The highest BCUT2D eigenvalue weighted by molar-refractivity contribution is 7.89. The number of hydrogen-bond acceptors (Lipinski definition) is 6. The van der Waals surface area contributed by atoms with E-state index in [2.05, 4.69) is 11.9 Å². The molecule has 9 heteroatoms. The molecule has 1 amide bonds. The molecule has 31 heavy (non-hydrogen) atoms. The van der Waals surface area contributed by atoms with E-state index in [1.807, 2.05) is 12.1 Å². The van der Waals surface area contributed by atoms with E-state index < -0.39 is 27.9 Å². The highest BCUT2D eigenvalue weighted by Gasteiger charge is 2.39. The van der Waals surface area contributed by atoms with E-state index in [0.29, 0.717) is 31.6 Å². The zero-order valence-corrected chi connectivity index (χ0v) is 18.4. The topological polar surface area (TPSA) is 109 Å². The van der Waals surface area contributed by atoms with Crippen molar-refractivity contribution in [3.05, 3.63) is 54.4 Å². The average Bonchev–Trinajstić information content (AvgIpc) is 2.79. The largest absolute Gasteiger partial charge is 0.494 e. The number of sulfonamides is 1. The lowest BCUT2D eigenvalue weighted by Crippen LogP contribution is -2.49. The van der Waals surface area contributed by atoms with Crippen LogP contribution in [0, 0.1) is 5.92 Å². The maximum atomic E-state index is 13.4. The van der Waals surface area contributed by atoms with Crippen molar-refractivity contribution in [1.82, 2.24) is 14.8 Å². The molecule has 1 aliphatic heterocycles. The summed E-state index contributed by atoms with van der Waals surface area (Å²) in [6, 6.07) is 9.73. The first-order chi connectivity index (χ1) is 15.0. The van der Waals surface area contributed by atoms with Crippen LogP contribution < -0.4 is 10.2 Å². The summed E-state index contributed by atoms with van der Waals surface area (Å²) in [4.78, 5) is 16.2. The van der Waals surface area contributed by atoms with E-state index >= 15 is 0 Å². The molecular formula is C22H29N3O5S. The van der Waals surface area contributed by atoms with Crippen molar-refractivity contribution in [3.8, 4) is 5.75 Å². The summed E-state index contributed by atoms with van der Waals surface area (Å²) < 4.78 is 34.0. The van der Waals surface area contributed by atoms with Crippen molar-refractivity contribution in [2.75, 3.05) is 13.2 Å². The summed E-state index contributed by atoms with van der Waals surface area (Å²) >= 11 is 0. The Morgan fingerprint density at radius 2 is 1.94 bits per heavy atom. The predicted molar refractivity (Wildman–Crippen MR) is 115 cm³/mol. The Labute approximate surface area is 183 Å². The number of piperidine rings is 1. The Hall–Kier alpha value is -2.49. The zero-order chi connectivity index (χ0) is 22.3. The van der Waals surface area contributed by atoms with Gasteiger partial charge < -0.3 is 4.74 Å². The minimum Gasteiger partial charge on any atom is -0.494 e. The SMILES string of the molecule is CCCCOc1ccc(S(=O)(=O)N2CCC(C(=O)NO)CC2Cc2ccncc2)cc1. The normalized spacial score (nSPS) is 19.7. The molecule has 0 bridgehead atoms. The van der Waals surface area contributed by atoms with Crippen molar-refractivity contribution < 1.29 is 23.2 Å². The Kier molecular flexibility index (Phi) is 8.00. The summed E-state index contributed by atoms with van der Waals surface area (Å²) in [5.74, 6) is -0.290. The van der Waals surface area contributed by atoms with Gasteiger partial charge in [-0.3, -0.25) is 15.0 Å². The van der Waals surface area contributed by atoms with Crippen LogP contribution in [0.2, 0.25) is 0 Å². The first-order valence-electron chi connectivity index (χ1n) is 10.5. The van der Waals surface area contributed by atoms with Gasteiger partial charge in [0.2, 0.25) is 15.9 Å². The van der Waals surface area contributed by atoms with Crippen LogP contribution in [-0.4, -0.2) is 48.0 Å². The van der Waals surface area contributed by atoms with Crippen molar-refractivity contribution in [2.45, 2.75) is 50.0 Å². The molecule has 3 rings (SSSR count). The van der Waals surface area contributed by atoms with Gasteiger partial charge in [0, 0.05) is 30.9 Å². The number of nitrogens with one attached hydrogen (secondary N) is 1. The number of aromatic nitrogens is 1. The Morgan fingerprint density at radius 3 is 2.58 bits per heavy atom. The van der Waals surface area contributed by atoms with Gasteiger partial charge in [0.25, 0.3) is 0 Å². The molecule has 1 aliphatic rings. The van der Waals surface area contributed by atoms with Gasteiger partial charge in [0.05, 0.1) is 11.5 Å². The number of unbranched alkanes of at least 4 members (excludes halogenated alkanes) is 1. The Morgan fingerprint density at radius 1 is 1.23 bits per heavy atom. The third-order valence-electron chi connectivity index (χ3n) is 5.56. The number of hydroxylamine groups is 1. The first-order valence-corrected chi connectivity index (χ1v) is 12.0. The van der Waals surface area contributed by atoms with Crippen LogP contribution in [0.15, 0.2) is 53.7 Å². The first kappa shape index (κ1) is 23.2. The van der Waals surface area contributed by atoms with Gasteiger partial charge in [-0.2, -0.15) is 4.31 Å². The lowest BCUT2D eigenvalue weighted by Gasteiger charge is -2.38. The van der Waals surface area contributed by atoms with Crippen molar-refractivity contribution in [1.29, 1.82) is 0 Å². The standard InChI is InChI=1S/C22H29N3O5S/c1-2-3-14-30-20-4-6-21(7-5-20)31(28,29)25-13-10-18(22(26)24-27)16-19(25)15-17-8-11-23-12-9-17/h4-9,11-12,18-19,27H,2-3,10,13-16H2,1H3,(H,24,26). The molecule has 2 heterocycles. The van der Waals surface area contributed by atoms with Crippen LogP contribution in [0.1, 0.15) is 38.2 Å². The molecule has 2 N–H and O–H groups in total. The molecule has 0 aliphatic carbocycles. The van der Waals surface area contributed by atoms with Crippen molar-refractivity contribution in [2.24, 2.45) is 5.92 Å². The highest BCUT2D eigenvalue weighted by atomic mass is 32.2. The van der Waals surface area contributed by atoms with E-state index in [-0.39, 0.29) is 11.4 Å². The second kappa shape index (κ2) is 10.7. The van der Waals surface area contributed by atoms with Crippen LogP contribution in [0.3, 0.4) is 0 Å². The van der Waals surface area contributed by atoms with Crippen molar-refractivity contribution >= 4 is 15.9 Å². The average molecular weight is 448 g/mol. The molecule has 1 fully saturated rings. The molecular weight excluding hydrogens is 418 g/mol. The van der Waals surface area contributed by atoms with Crippen LogP contribution in [0.25, 0.3) is 0 Å². The minimum absolute atomic E-state index is 0.195. The third kappa shape index (κ3) is 5.81. The summed E-state index contributed by atoms with van der Waals surface area (Å²) in [7, 11) is -3.76. The van der Waals surface area contributed by atoms with Gasteiger partial charge in [-0.1, -0.05) is 13.3 Å². The molecule has 0 radical (unpaired) electrons. The van der Waals surface area contributed by atoms with Gasteiger partial charge in [-0.05, 0) is 67.6 Å². The molecule has 1 aromatic heterocycles. The quantitative estimate of drug-likeness (QED) is 0.348. The number of nitrogens with zero attached hydrogens (tertiary/aromatic N) is 2. The van der Waals surface area contributed by atoms with Crippen LogP contribution >= 0.6 is 0 Å². The fourth-order valence-electron chi connectivity index (χ4n) is 3.83. The number of amides is 1. The monoisotopic (exact) mass is 447 g/mol.